The number of hydrogen-bond donors (Lipinski definition) is 1. The molecule has 3 atom stereocenters. The molecule has 0 aromatic carbocycles. The number of thiophene rings is 1. The summed E-state index contributed by atoms with van der Waals surface area (Å²) in [6, 6.07) is 2.29. The second-order valence-corrected chi connectivity index (χ2v) is 6.10. The van der Waals surface area contributed by atoms with E-state index in [-0.39, 0.29) is 0 Å². The Morgan fingerprint density at radius 1 is 1.47 bits per heavy atom. The number of anilines is 1. The fraction of sp³-hybridized carbons (Fsp3) is 0.615. The van der Waals surface area contributed by atoms with Crippen LogP contribution in [0.1, 0.15) is 36.9 Å². The van der Waals surface area contributed by atoms with Crippen molar-refractivity contribution in [2.75, 3.05) is 11.4 Å². The molecule has 2 rings (SSSR count). The minimum Gasteiger partial charge on any atom is -0.477 e. The molecule has 4 heteroatoms. The van der Waals surface area contributed by atoms with Gasteiger partial charge in [-0.25, -0.2) is 4.79 Å². The monoisotopic (exact) mass is 253 g/mol. The largest absolute Gasteiger partial charge is 0.477 e. The van der Waals surface area contributed by atoms with Crippen LogP contribution in [-0.4, -0.2) is 23.7 Å². The van der Waals surface area contributed by atoms with E-state index >= 15 is 0 Å². The number of aromatic carboxylic acids is 1. The molecule has 3 nitrogen and oxygen atoms in total. The molecule has 0 bridgehead atoms. The maximum Gasteiger partial charge on any atom is 0.345 e. The summed E-state index contributed by atoms with van der Waals surface area (Å²) in [7, 11) is 0. The topological polar surface area (TPSA) is 40.5 Å². The zero-order valence-corrected chi connectivity index (χ0v) is 11.3. The van der Waals surface area contributed by atoms with Gasteiger partial charge in [-0.15, -0.1) is 11.3 Å². The maximum atomic E-state index is 10.9. The number of piperidine rings is 1. The molecule has 1 fully saturated rings. The number of hydrogen-bond acceptors (Lipinski definition) is 3. The standard InChI is InChI=1S/C13H19NO2S/c1-8-4-9(2)10(3)14(6-8)11-5-12(13(15)16)17-7-11/h5,7-10H,4,6H2,1-3H3,(H,15,16). The molecule has 94 valence electrons. The smallest absolute Gasteiger partial charge is 0.345 e. The Balaban J connectivity index is 2.22. The second-order valence-electron chi connectivity index (χ2n) is 5.19. The highest BCUT2D eigenvalue weighted by Crippen LogP contribution is 2.33. The minimum absolute atomic E-state index is 0.429. The second kappa shape index (κ2) is 4.69. The van der Waals surface area contributed by atoms with Crippen LogP contribution in [-0.2, 0) is 0 Å². The van der Waals surface area contributed by atoms with E-state index in [2.05, 4.69) is 25.7 Å². The van der Waals surface area contributed by atoms with Crippen LogP contribution in [0.25, 0.3) is 0 Å². The van der Waals surface area contributed by atoms with E-state index in [9.17, 15) is 4.79 Å². The Kier molecular flexibility index (Phi) is 3.43. The molecule has 2 heterocycles. The lowest BCUT2D eigenvalue weighted by atomic mass is 9.86. The molecule has 1 saturated heterocycles. The van der Waals surface area contributed by atoms with E-state index in [1.54, 1.807) is 6.07 Å². The Bertz CT molecular complexity index is 415. The van der Waals surface area contributed by atoms with Gasteiger partial charge in [-0.2, -0.15) is 0 Å². The number of carbonyl (C=O) groups is 1. The van der Waals surface area contributed by atoms with Crippen molar-refractivity contribution in [1.29, 1.82) is 0 Å². The van der Waals surface area contributed by atoms with Crippen molar-refractivity contribution >= 4 is 23.0 Å². The van der Waals surface area contributed by atoms with Gasteiger partial charge in [0.15, 0.2) is 0 Å². The Morgan fingerprint density at radius 3 is 2.76 bits per heavy atom. The van der Waals surface area contributed by atoms with Crippen molar-refractivity contribution in [3.8, 4) is 0 Å². The van der Waals surface area contributed by atoms with Gasteiger partial charge in [0.05, 0.1) is 0 Å². The lowest BCUT2D eigenvalue weighted by Crippen LogP contribution is -2.45. The number of carboxylic acid groups (broad SMARTS) is 1. The summed E-state index contributed by atoms with van der Waals surface area (Å²) in [4.78, 5) is 13.7. The first-order valence-corrected chi connectivity index (χ1v) is 6.95. The third-order valence-electron chi connectivity index (χ3n) is 3.73. The van der Waals surface area contributed by atoms with Crippen LogP contribution < -0.4 is 4.90 Å². The van der Waals surface area contributed by atoms with E-state index in [0.717, 1.165) is 12.2 Å². The Hall–Kier alpha value is -1.03. The molecule has 17 heavy (non-hydrogen) atoms. The van der Waals surface area contributed by atoms with Gasteiger partial charge < -0.3 is 10.0 Å². The first-order valence-electron chi connectivity index (χ1n) is 6.07. The first kappa shape index (κ1) is 12.4. The van der Waals surface area contributed by atoms with Gasteiger partial charge >= 0.3 is 5.97 Å². The zero-order chi connectivity index (χ0) is 12.6. The van der Waals surface area contributed by atoms with Gasteiger partial charge in [0.1, 0.15) is 4.88 Å². The van der Waals surface area contributed by atoms with E-state index in [1.807, 2.05) is 5.38 Å². The van der Waals surface area contributed by atoms with Crippen molar-refractivity contribution in [3.63, 3.8) is 0 Å². The summed E-state index contributed by atoms with van der Waals surface area (Å²) in [6.07, 6.45) is 1.26. The van der Waals surface area contributed by atoms with Crippen LogP contribution in [0.5, 0.6) is 0 Å². The molecule has 1 aromatic heterocycles. The zero-order valence-electron chi connectivity index (χ0n) is 10.5. The van der Waals surface area contributed by atoms with E-state index < -0.39 is 5.97 Å². The van der Waals surface area contributed by atoms with E-state index in [0.29, 0.717) is 22.8 Å². The quantitative estimate of drug-likeness (QED) is 0.879. The lowest BCUT2D eigenvalue weighted by Gasteiger charge is -2.42. The minimum atomic E-state index is -0.827. The van der Waals surface area contributed by atoms with Crippen LogP contribution in [0.2, 0.25) is 0 Å². The summed E-state index contributed by atoms with van der Waals surface area (Å²) in [5, 5.41) is 10.9. The molecule has 0 aliphatic carbocycles. The molecule has 3 unspecified atom stereocenters. The van der Waals surface area contributed by atoms with Gasteiger partial charge in [-0.05, 0) is 31.2 Å². The molecule has 1 aliphatic rings. The lowest BCUT2D eigenvalue weighted by molar-refractivity contribution is 0.0702. The summed E-state index contributed by atoms with van der Waals surface area (Å²) in [5.74, 6) is 0.508. The number of rotatable bonds is 2. The van der Waals surface area contributed by atoms with E-state index in [4.69, 9.17) is 5.11 Å². The van der Waals surface area contributed by atoms with Crippen molar-refractivity contribution in [2.45, 2.75) is 33.2 Å². The Labute approximate surface area is 106 Å². The Morgan fingerprint density at radius 2 is 2.18 bits per heavy atom. The highest BCUT2D eigenvalue weighted by atomic mass is 32.1. The summed E-state index contributed by atoms with van der Waals surface area (Å²) in [6.45, 7) is 7.80. The summed E-state index contributed by atoms with van der Waals surface area (Å²) >= 11 is 1.31. The fourth-order valence-corrected chi connectivity index (χ4v) is 3.39. The molecule has 1 N–H and O–H groups in total. The SMILES string of the molecule is CC1CC(C)C(C)N(c2csc(C(=O)O)c2)C1. The fourth-order valence-electron chi connectivity index (χ4n) is 2.64. The third kappa shape index (κ3) is 2.46. The number of nitrogens with zero attached hydrogens (tertiary/aromatic N) is 1. The van der Waals surface area contributed by atoms with Crippen LogP contribution in [0.4, 0.5) is 5.69 Å². The average Bonchev–Trinajstić information content (AvgIpc) is 2.72. The van der Waals surface area contributed by atoms with Crippen LogP contribution in [0, 0.1) is 11.8 Å². The predicted octanol–water partition coefficient (Wildman–Crippen LogP) is 3.32. The van der Waals surface area contributed by atoms with Gasteiger partial charge in [0, 0.05) is 23.7 Å². The summed E-state index contributed by atoms with van der Waals surface area (Å²) in [5.41, 5.74) is 1.07. The highest BCUT2D eigenvalue weighted by Gasteiger charge is 2.29. The van der Waals surface area contributed by atoms with Crippen molar-refractivity contribution in [1.82, 2.24) is 0 Å². The number of carboxylic acids is 1. The third-order valence-corrected chi connectivity index (χ3v) is 4.63. The molecule has 1 aromatic rings. The molecule has 1 aliphatic heterocycles. The van der Waals surface area contributed by atoms with Gasteiger partial charge in [0.2, 0.25) is 0 Å². The highest BCUT2D eigenvalue weighted by molar-refractivity contribution is 7.12. The van der Waals surface area contributed by atoms with E-state index in [1.165, 1.54) is 17.8 Å². The molecule has 0 amide bonds. The van der Waals surface area contributed by atoms with Gasteiger partial charge in [0.25, 0.3) is 0 Å². The molecular formula is C13H19NO2S. The van der Waals surface area contributed by atoms with Gasteiger partial charge in [-0.3, -0.25) is 0 Å². The van der Waals surface area contributed by atoms with Crippen LogP contribution >= 0.6 is 11.3 Å². The average molecular weight is 253 g/mol. The first-order chi connectivity index (χ1) is 7.99. The predicted molar refractivity (Wildman–Crippen MR) is 71.0 cm³/mol. The molecule has 0 radical (unpaired) electrons. The maximum absolute atomic E-state index is 10.9. The van der Waals surface area contributed by atoms with Crippen molar-refractivity contribution in [3.05, 3.63) is 16.3 Å². The molecular weight excluding hydrogens is 234 g/mol. The molecule has 0 spiro atoms. The van der Waals surface area contributed by atoms with Crippen molar-refractivity contribution in [2.24, 2.45) is 11.8 Å². The van der Waals surface area contributed by atoms with Crippen molar-refractivity contribution < 1.29 is 9.90 Å². The normalized spacial score (nSPS) is 29.4. The van der Waals surface area contributed by atoms with Gasteiger partial charge in [-0.1, -0.05) is 13.8 Å². The summed E-state index contributed by atoms with van der Waals surface area (Å²) < 4.78 is 0. The van der Waals surface area contributed by atoms with Crippen LogP contribution in [0.15, 0.2) is 11.4 Å². The van der Waals surface area contributed by atoms with Crippen LogP contribution in [0.3, 0.4) is 0 Å². The molecule has 0 saturated carbocycles.